The van der Waals surface area contributed by atoms with E-state index in [4.69, 9.17) is 9.78 Å². The lowest BCUT2D eigenvalue weighted by Gasteiger charge is -2.20. The zero-order chi connectivity index (χ0) is 15.8. The van der Waals surface area contributed by atoms with Gasteiger partial charge in [0.1, 0.15) is 0 Å². The first-order valence-corrected chi connectivity index (χ1v) is 7.57. The van der Waals surface area contributed by atoms with Crippen molar-refractivity contribution in [1.29, 1.82) is 0 Å². The third kappa shape index (κ3) is 10.9. The molecule has 0 rings (SSSR count). The highest BCUT2D eigenvalue weighted by atomic mass is 31.2. The van der Waals surface area contributed by atoms with Crippen LogP contribution in [0.3, 0.4) is 0 Å². The highest BCUT2D eigenvalue weighted by Gasteiger charge is 2.28. The predicted molar refractivity (Wildman–Crippen MR) is 69.1 cm³/mol. The summed E-state index contributed by atoms with van der Waals surface area (Å²) in [6, 6.07) is 0. The molecule has 0 radical (unpaired) electrons. The van der Waals surface area contributed by atoms with E-state index in [1.54, 1.807) is 20.8 Å². The Morgan fingerprint density at radius 3 is 1.85 bits per heavy atom. The Morgan fingerprint density at radius 1 is 1.05 bits per heavy atom. The first kappa shape index (κ1) is 19.0. The molecule has 0 spiro atoms. The van der Waals surface area contributed by atoms with Crippen LogP contribution in [0.5, 0.6) is 0 Å². The minimum Gasteiger partial charge on any atom is -0.273 e. The van der Waals surface area contributed by atoms with Crippen molar-refractivity contribution >= 4 is 19.4 Å². The molecule has 20 heavy (non-hydrogen) atoms. The minimum absolute atomic E-state index is 0.117. The molecule has 2 amide bonds. The molecule has 0 fully saturated rings. The van der Waals surface area contributed by atoms with E-state index >= 15 is 0 Å². The second kappa shape index (κ2) is 8.33. The summed E-state index contributed by atoms with van der Waals surface area (Å²) in [6.07, 6.45) is -0.232. The Labute approximate surface area is 117 Å². The Balaban J connectivity index is 4.33. The van der Waals surface area contributed by atoms with E-state index in [0.29, 0.717) is 0 Å². The number of hydroxylamine groups is 2. The van der Waals surface area contributed by atoms with Gasteiger partial charge in [0, 0.05) is 13.8 Å². The van der Waals surface area contributed by atoms with E-state index in [9.17, 15) is 14.2 Å². The Kier molecular flexibility index (Phi) is 7.92. The summed E-state index contributed by atoms with van der Waals surface area (Å²) in [4.78, 5) is 31.3. The molecule has 9 nitrogen and oxygen atoms in total. The summed E-state index contributed by atoms with van der Waals surface area (Å²) < 4.78 is 21.5. The Bertz CT molecular complexity index is 358. The van der Waals surface area contributed by atoms with Crippen LogP contribution in [0.25, 0.3) is 0 Å². The van der Waals surface area contributed by atoms with Gasteiger partial charge in [0.2, 0.25) is 11.8 Å². The number of hydrogen-bond acceptors (Lipinski definition) is 7. The monoisotopic (exact) mass is 312 g/mol. The molecule has 2 N–H and O–H groups in total. The molecule has 0 aliphatic heterocycles. The van der Waals surface area contributed by atoms with Crippen LogP contribution in [0.4, 0.5) is 0 Å². The topological polar surface area (TPSA) is 112 Å². The number of rotatable bonds is 8. The third-order valence-corrected chi connectivity index (χ3v) is 2.88. The van der Waals surface area contributed by atoms with Crippen molar-refractivity contribution in [3.05, 3.63) is 0 Å². The van der Waals surface area contributed by atoms with E-state index in [0.717, 1.165) is 0 Å². The van der Waals surface area contributed by atoms with Gasteiger partial charge < -0.3 is 0 Å². The van der Waals surface area contributed by atoms with Crippen molar-refractivity contribution in [1.82, 2.24) is 11.0 Å². The Hall–Kier alpha value is -0.990. The zero-order valence-electron chi connectivity index (χ0n) is 12.2. The van der Waals surface area contributed by atoms with Crippen LogP contribution in [0.15, 0.2) is 0 Å². The van der Waals surface area contributed by atoms with Crippen molar-refractivity contribution in [2.75, 3.05) is 12.8 Å². The molecule has 10 heteroatoms. The molecule has 118 valence electrons. The number of carbonyl (C=O) groups excluding carboxylic acids is 2. The van der Waals surface area contributed by atoms with Gasteiger partial charge in [0.05, 0.1) is 18.4 Å². The van der Waals surface area contributed by atoms with Gasteiger partial charge in [-0.2, -0.15) is 9.25 Å². The minimum atomic E-state index is -3.78. The van der Waals surface area contributed by atoms with Gasteiger partial charge in [-0.1, -0.05) is 0 Å². The fraction of sp³-hybridized carbons (Fsp3) is 0.800. The maximum atomic E-state index is 12.1. The number of nitrogens with one attached hydrogen (secondary N) is 2. The van der Waals surface area contributed by atoms with Crippen LogP contribution in [0.1, 0.15) is 34.6 Å². The van der Waals surface area contributed by atoms with Gasteiger partial charge >= 0.3 is 7.60 Å². The van der Waals surface area contributed by atoms with E-state index in [-0.39, 0.29) is 12.8 Å². The molecule has 0 aromatic heterocycles. The SMILES string of the molecule is CC(=O)NOP(=O)(CCOOC(C)(C)C)ONC(C)=O. The van der Waals surface area contributed by atoms with Crippen molar-refractivity contribution in [3.8, 4) is 0 Å². The Morgan fingerprint density at radius 2 is 1.50 bits per heavy atom. The lowest BCUT2D eigenvalue weighted by molar-refractivity contribution is -0.345. The van der Waals surface area contributed by atoms with Gasteiger partial charge in [-0.3, -0.25) is 14.2 Å². The van der Waals surface area contributed by atoms with Crippen molar-refractivity contribution < 1.29 is 33.2 Å². The number of carbonyl (C=O) groups is 2. The van der Waals surface area contributed by atoms with Crippen LogP contribution in [-0.4, -0.2) is 30.2 Å². The van der Waals surface area contributed by atoms with Crippen molar-refractivity contribution in [2.24, 2.45) is 0 Å². The quantitative estimate of drug-likeness (QED) is 0.298. The average Bonchev–Trinajstić information content (AvgIpc) is 2.29. The fourth-order valence-electron chi connectivity index (χ4n) is 0.745. The summed E-state index contributed by atoms with van der Waals surface area (Å²) in [7, 11) is -3.78. The van der Waals surface area contributed by atoms with Crippen LogP contribution >= 0.6 is 7.60 Å². The lowest BCUT2D eigenvalue weighted by Crippen LogP contribution is -2.26. The van der Waals surface area contributed by atoms with Gasteiger partial charge in [-0.25, -0.2) is 20.7 Å². The summed E-state index contributed by atoms with van der Waals surface area (Å²) in [5.41, 5.74) is 3.26. The normalized spacial score (nSPS) is 12.1. The summed E-state index contributed by atoms with van der Waals surface area (Å²) in [5, 5.41) is 0. The standard InChI is InChI=1S/C10H21N2O7P/c1-8(13)11-18-20(15,19-12-9(2)14)7-6-16-17-10(3,4)5/h6-7H2,1-5H3,(H,11,13)(H,12,14). The molecular formula is C10H21N2O7P. The molecule has 0 unspecified atom stereocenters. The van der Waals surface area contributed by atoms with E-state index in [1.807, 2.05) is 11.0 Å². The summed E-state index contributed by atoms with van der Waals surface area (Å²) in [5.74, 6) is -1.13. The molecular weight excluding hydrogens is 291 g/mol. The first-order valence-electron chi connectivity index (χ1n) is 5.84. The highest BCUT2D eigenvalue weighted by Crippen LogP contribution is 2.45. The molecule has 0 saturated carbocycles. The lowest BCUT2D eigenvalue weighted by atomic mass is 10.2. The number of hydrogen-bond donors (Lipinski definition) is 2. The fourth-order valence-corrected chi connectivity index (χ4v) is 1.80. The van der Waals surface area contributed by atoms with E-state index in [2.05, 4.69) is 9.25 Å². The van der Waals surface area contributed by atoms with Gasteiger partial charge in [0.25, 0.3) is 0 Å². The molecule has 0 aromatic rings. The molecule has 0 aliphatic rings. The molecule has 0 bridgehead atoms. The maximum Gasteiger partial charge on any atom is 0.375 e. The molecule has 0 saturated heterocycles. The largest absolute Gasteiger partial charge is 0.375 e. The highest BCUT2D eigenvalue weighted by molar-refractivity contribution is 7.53. The van der Waals surface area contributed by atoms with Crippen LogP contribution in [-0.2, 0) is 33.2 Å². The molecule has 0 heterocycles. The van der Waals surface area contributed by atoms with Gasteiger partial charge in [0.15, 0.2) is 0 Å². The zero-order valence-corrected chi connectivity index (χ0v) is 13.1. The van der Waals surface area contributed by atoms with Gasteiger partial charge in [-0.15, -0.1) is 0 Å². The number of amides is 2. The molecule has 0 atom stereocenters. The molecule has 0 aromatic carbocycles. The van der Waals surface area contributed by atoms with E-state index < -0.39 is 25.0 Å². The van der Waals surface area contributed by atoms with E-state index in [1.165, 1.54) is 13.8 Å². The van der Waals surface area contributed by atoms with Crippen molar-refractivity contribution in [2.45, 2.75) is 40.2 Å². The first-order chi connectivity index (χ1) is 9.04. The molecule has 0 aliphatic carbocycles. The van der Waals surface area contributed by atoms with Crippen LogP contribution in [0.2, 0.25) is 0 Å². The summed E-state index contributed by atoms with van der Waals surface area (Å²) >= 11 is 0. The maximum absolute atomic E-state index is 12.1. The second-order valence-corrected chi connectivity index (χ2v) is 6.89. The predicted octanol–water partition coefficient (Wildman–Crippen LogP) is 1.06. The smallest absolute Gasteiger partial charge is 0.273 e. The summed E-state index contributed by atoms with van der Waals surface area (Å²) in [6.45, 7) is 7.54. The van der Waals surface area contributed by atoms with Crippen molar-refractivity contribution in [3.63, 3.8) is 0 Å². The van der Waals surface area contributed by atoms with Crippen LogP contribution < -0.4 is 11.0 Å². The van der Waals surface area contributed by atoms with Crippen LogP contribution in [0, 0.1) is 0 Å². The van der Waals surface area contributed by atoms with Gasteiger partial charge in [-0.05, 0) is 20.8 Å². The third-order valence-electron chi connectivity index (χ3n) is 1.41. The second-order valence-electron chi connectivity index (χ2n) is 4.85. The average molecular weight is 312 g/mol.